The van der Waals surface area contributed by atoms with Crippen LogP contribution in [0.1, 0.15) is 0 Å². The van der Waals surface area contributed by atoms with Crippen molar-refractivity contribution in [2.75, 3.05) is 0 Å². The highest BCUT2D eigenvalue weighted by Crippen LogP contribution is 2.09. The Morgan fingerprint density at radius 2 is 1.93 bits per heavy atom. The van der Waals surface area contributed by atoms with E-state index in [4.69, 9.17) is 0 Å². The van der Waals surface area contributed by atoms with Crippen LogP contribution < -0.4 is 5.56 Å². The topological polar surface area (TPSA) is 47.8 Å². The smallest absolute Gasteiger partial charge is 0.265 e. The van der Waals surface area contributed by atoms with Crippen molar-refractivity contribution in [1.82, 2.24) is 14.8 Å². The molecular formula is C10H9N3O. The molecule has 0 unspecified atom stereocenters. The maximum atomic E-state index is 11.4. The van der Waals surface area contributed by atoms with Gasteiger partial charge in [0.05, 0.1) is 0 Å². The van der Waals surface area contributed by atoms with E-state index in [1.807, 2.05) is 30.3 Å². The summed E-state index contributed by atoms with van der Waals surface area (Å²) in [4.78, 5) is 15.1. The standard InChI is InChI=1S/C10H9N3O/c1-13-7-11-10(14)9(12-13)8-5-3-2-4-6-8/h2-7H,1H3. The van der Waals surface area contributed by atoms with Gasteiger partial charge in [0, 0.05) is 12.6 Å². The third-order valence-corrected chi connectivity index (χ3v) is 1.85. The molecule has 70 valence electrons. The van der Waals surface area contributed by atoms with E-state index < -0.39 is 0 Å². The van der Waals surface area contributed by atoms with Crippen LogP contribution in [0.15, 0.2) is 41.5 Å². The number of hydrogen-bond donors (Lipinski definition) is 0. The summed E-state index contributed by atoms with van der Waals surface area (Å²) in [7, 11) is 1.74. The summed E-state index contributed by atoms with van der Waals surface area (Å²) in [5.74, 6) is 0. The summed E-state index contributed by atoms with van der Waals surface area (Å²) in [6, 6.07) is 9.30. The van der Waals surface area contributed by atoms with Crippen LogP contribution in [-0.4, -0.2) is 14.8 Å². The summed E-state index contributed by atoms with van der Waals surface area (Å²) >= 11 is 0. The minimum atomic E-state index is -0.297. The molecule has 2 aromatic rings. The second kappa shape index (κ2) is 3.41. The molecule has 0 aliphatic heterocycles. The van der Waals surface area contributed by atoms with Crippen molar-refractivity contribution < 1.29 is 0 Å². The van der Waals surface area contributed by atoms with E-state index in [1.54, 1.807) is 7.05 Å². The molecule has 0 aliphatic rings. The lowest BCUT2D eigenvalue weighted by molar-refractivity contribution is 0.709. The van der Waals surface area contributed by atoms with Gasteiger partial charge in [0.25, 0.3) is 5.56 Å². The van der Waals surface area contributed by atoms with Crippen LogP contribution in [0.25, 0.3) is 11.3 Å². The van der Waals surface area contributed by atoms with Gasteiger partial charge in [-0.2, -0.15) is 10.1 Å². The fraction of sp³-hybridized carbons (Fsp3) is 0.100. The van der Waals surface area contributed by atoms with Gasteiger partial charge in [-0.1, -0.05) is 30.3 Å². The zero-order valence-electron chi connectivity index (χ0n) is 7.71. The third kappa shape index (κ3) is 1.54. The maximum absolute atomic E-state index is 11.4. The first kappa shape index (κ1) is 8.62. The Labute approximate surface area is 80.9 Å². The summed E-state index contributed by atoms with van der Waals surface area (Å²) in [5.41, 5.74) is 0.881. The molecule has 1 aromatic carbocycles. The first-order valence-electron chi connectivity index (χ1n) is 4.23. The molecule has 0 radical (unpaired) electrons. The Kier molecular flexibility index (Phi) is 2.10. The van der Waals surface area contributed by atoms with Crippen LogP contribution in [-0.2, 0) is 7.05 Å². The van der Waals surface area contributed by atoms with Gasteiger partial charge in [-0.05, 0) is 0 Å². The van der Waals surface area contributed by atoms with E-state index in [1.165, 1.54) is 11.0 Å². The first-order chi connectivity index (χ1) is 6.77. The van der Waals surface area contributed by atoms with Crippen LogP contribution in [0.5, 0.6) is 0 Å². The second-order valence-corrected chi connectivity index (χ2v) is 2.94. The van der Waals surface area contributed by atoms with E-state index in [-0.39, 0.29) is 5.56 Å². The van der Waals surface area contributed by atoms with Gasteiger partial charge < -0.3 is 0 Å². The lowest BCUT2D eigenvalue weighted by atomic mass is 10.2. The molecule has 1 aromatic heterocycles. The average molecular weight is 187 g/mol. The number of nitrogens with zero attached hydrogens (tertiary/aromatic N) is 3. The highest BCUT2D eigenvalue weighted by molar-refractivity contribution is 5.56. The van der Waals surface area contributed by atoms with Gasteiger partial charge in [0.15, 0.2) is 5.69 Å². The normalized spacial score (nSPS) is 10.1. The second-order valence-electron chi connectivity index (χ2n) is 2.94. The highest BCUT2D eigenvalue weighted by atomic mass is 16.1. The SMILES string of the molecule is Cn1cnc(=O)c(-c2ccccc2)n1. The average Bonchev–Trinajstić information content (AvgIpc) is 2.23. The minimum absolute atomic E-state index is 0.297. The molecule has 0 amide bonds. The van der Waals surface area contributed by atoms with Crippen molar-refractivity contribution in [3.63, 3.8) is 0 Å². The van der Waals surface area contributed by atoms with Gasteiger partial charge in [-0.15, -0.1) is 0 Å². The monoisotopic (exact) mass is 187 g/mol. The predicted molar refractivity (Wildman–Crippen MR) is 52.7 cm³/mol. The lowest BCUT2D eigenvalue weighted by Crippen LogP contribution is -2.15. The fourth-order valence-electron chi connectivity index (χ4n) is 1.20. The molecule has 0 saturated heterocycles. The molecule has 0 N–H and O–H groups in total. The molecule has 4 nitrogen and oxygen atoms in total. The highest BCUT2D eigenvalue weighted by Gasteiger charge is 2.04. The van der Waals surface area contributed by atoms with Gasteiger partial charge in [-0.3, -0.25) is 9.48 Å². The summed E-state index contributed by atoms with van der Waals surface area (Å²) in [5, 5.41) is 4.08. The number of aryl methyl sites for hydroxylation is 1. The Hall–Kier alpha value is -1.97. The molecule has 0 aliphatic carbocycles. The largest absolute Gasteiger partial charge is 0.299 e. The van der Waals surface area contributed by atoms with Crippen molar-refractivity contribution in [2.24, 2.45) is 7.05 Å². The zero-order valence-corrected chi connectivity index (χ0v) is 7.71. The zero-order chi connectivity index (χ0) is 9.97. The van der Waals surface area contributed by atoms with Crippen LogP contribution in [0.2, 0.25) is 0 Å². The Balaban J connectivity index is 2.63. The molecule has 14 heavy (non-hydrogen) atoms. The summed E-state index contributed by atoms with van der Waals surface area (Å²) in [6.07, 6.45) is 1.40. The van der Waals surface area contributed by atoms with Gasteiger partial charge in [0.1, 0.15) is 6.33 Å². The molecule has 2 rings (SSSR count). The van der Waals surface area contributed by atoms with E-state index >= 15 is 0 Å². The van der Waals surface area contributed by atoms with Gasteiger partial charge in [0.2, 0.25) is 0 Å². The van der Waals surface area contributed by atoms with E-state index in [9.17, 15) is 4.79 Å². The van der Waals surface area contributed by atoms with Crippen LogP contribution in [0.3, 0.4) is 0 Å². The molecule has 4 heteroatoms. The van der Waals surface area contributed by atoms with E-state index in [0.717, 1.165) is 5.56 Å². The lowest BCUT2D eigenvalue weighted by Gasteiger charge is -2.00. The molecule has 1 heterocycles. The predicted octanol–water partition coefficient (Wildman–Crippen LogP) is 0.842. The van der Waals surface area contributed by atoms with Crippen LogP contribution >= 0.6 is 0 Å². The summed E-state index contributed by atoms with van der Waals surface area (Å²) < 4.78 is 1.52. The van der Waals surface area contributed by atoms with Gasteiger partial charge in [-0.25, -0.2) is 0 Å². The Bertz CT molecular complexity index is 490. The molecule has 0 fully saturated rings. The molecular weight excluding hydrogens is 178 g/mol. The van der Waals surface area contributed by atoms with Crippen LogP contribution in [0, 0.1) is 0 Å². The number of aromatic nitrogens is 3. The van der Waals surface area contributed by atoms with E-state index in [2.05, 4.69) is 10.1 Å². The van der Waals surface area contributed by atoms with Crippen LogP contribution in [0.4, 0.5) is 0 Å². The third-order valence-electron chi connectivity index (χ3n) is 1.85. The Morgan fingerprint density at radius 1 is 1.21 bits per heavy atom. The first-order valence-corrected chi connectivity index (χ1v) is 4.23. The van der Waals surface area contributed by atoms with Crippen molar-refractivity contribution in [1.29, 1.82) is 0 Å². The molecule has 0 saturated carbocycles. The van der Waals surface area contributed by atoms with Gasteiger partial charge >= 0.3 is 0 Å². The Morgan fingerprint density at radius 3 is 2.64 bits per heavy atom. The minimum Gasteiger partial charge on any atom is -0.265 e. The fourth-order valence-corrected chi connectivity index (χ4v) is 1.20. The molecule has 0 atom stereocenters. The quantitative estimate of drug-likeness (QED) is 0.664. The number of rotatable bonds is 1. The maximum Gasteiger partial charge on any atom is 0.299 e. The van der Waals surface area contributed by atoms with E-state index in [0.29, 0.717) is 5.69 Å². The summed E-state index contributed by atoms with van der Waals surface area (Å²) in [6.45, 7) is 0. The number of benzene rings is 1. The van der Waals surface area contributed by atoms with Crippen molar-refractivity contribution >= 4 is 0 Å². The van der Waals surface area contributed by atoms with Crippen molar-refractivity contribution in [3.05, 3.63) is 47.0 Å². The van der Waals surface area contributed by atoms with Crippen molar-refractivity contribution in [2.45, 2.75) is 0 Å². The number of hydrogen-bond acceptors (Lipinski definition) is 3. The molecule has 0 spiro atoms. The van der Waals surface area contributed by atoms with Crippen molar-refractivity contribution in [3.8, 4) is 11.3 Å². The molecule has 0 bridgehead atoms.